The molecule has 1 aromatic rings. The van der Waals surface area contributed by atoms with E-state index in [-0.39, 0.29) is 6.42 Å². The van der Waals surface area contributed by atoms with Crippen LogP contribution in [0.4, 0.5) is 5.00 Å². The van der Waals surface area contributed by atoms with Crippen LogP contribution in [0.3, 0.4) is 0 Å². The van der Waals surface area contributed by atoms with Crippen molar-refractivity contribution in [2.24, 2.45) is 0 Å². The Hall–Kier alpha value is -1.58. The standard InChI is InChI=1S/C16H23N3O2S/c1-18(2)9-10-19(8-7-15(20)21)16-13(11-17)12-5-3-4-6-14(12)22-16/h3-10H2,1-2H3,(H,20,21). The third-order valence-corrected chi connectivity index (χ3v) is 5.32. The molecule has 0 fully saturated rings. The van der Waals surface area contributed by atoms with Crippen molar-refractivity contribution in [3.63, 3.8) is 0 Å². The lowest BCUT2D eigenvalue weighted by atomic mass is 9.96. The first-order valence-corrected chi connectivity index (χ1v) is 8.50. The number of aryl methyl sites for hydroxylation is 1. The first kappa shape index (κ1) is 16.8. The SMILES string of the molecule is CN(C)CCN(CCC(=O)O)c1sc2c(c1C#N)CCCC2. The average Bonchev–Trinajstić information content (AvgIpc) is 2.85. The molecule has 0 spiro atoms. The Kier molecular flexibility index (Phi) is 5.81. The van der Waals surface area contributed by atoms with Crippen LogP contribution in [-0.4, -0.2) is 49.7 Å². The first-order valence-electron chi connectivity index (χ1n) is 7.69. The normalized spacial score (nSPS) is 13.7. The number of hydrogen-bond donors (Lipinski definition) is 1. The molecule has 2 rings (SSSR count). The number of carboxylic acids is 1. The minimum atomic E-state index is -0.797. The van der Waals surface area contributed by atoms with Crippen LogP contribution >= 0.6 is 11.3 Å². The van der Waals surface area contributed by atoms with Gasteiger partial charge in [0.15, 0.2) is 0 Å². The molecule has 0 saturated heterocycles. The highest BCUT2D eigenvalue weighted by atomic mass is 32.1. The summed E-state index contributed by atoms with van der Waals surface area (Å²) in [6, 6.07) is 2.37. The second kappa shape index (κ2) is 7.61. The topological polar surface area (TPSA) is 67.6 Å². The van der Waals surface area contributed by atoms with E-state index >= 15 is 0 Å². The number of nitriles is 1. The molecule has 1 heterocycles. The second-order valence-corrected chi connectivity index (χ2v) is 7.02. The van der Waals surface area contributed by atoms with Crippen molar-refractivity contribution in [1.29, 1.82) is 5.26 Å². The number of thiophene rings is 1. The average molecular weight is 321 g/mol. The maximum Gasteiger partial charge on any atom is 0.305 e. The van der Waals surface area contributed by atoms with Crippen molar-refractivity contribution < 1.29 is 9.90 Å². The van der Waals surface area contributed by atoms with Crippen LogP contribution in [0.5, 0.6) is 0 Å². The van der Waals surface area contributed by atoms with Gasteiger partial charge in [0.2, 0.25) is 0 Å². The van der Waals surface area contributed by atoms with Gasteiger partial charge in [0, 0.05) is 24.5 Å². The van der Waals surface area contributed by atoms with E-state index in [1.807, 2.05) is 14.1 Å². The van der Waals surface area contributed by atoms with E-state index in [0.29, 0.717) is 6.54 Å². The van der Waals surface area contributed by atoms with Gasteiger partial charge in [0.25, 0.3) is 0 Å². The van der Waals surface area contributed by atoms with Gasteiger partial charge >= 0.3 is 5.97 Å². The number of aliphatic carboxylic acids is 1. The molecule has 0 radical (unpaired) electrons. The number of carbonyl (C=O) groups is 1. The Balaban J connectivity index is 2.27. The van der Waals surface area contributed by atoms with Crippen LogP contribution in [0.15, 0.2) is 0 Å². The molecular formula is C16H23N3O2S. The van der Waals surface area contributed by atoms with Gasteiger partial charge in [-0.2, -0.15) is 5.26 Å². The van der Waals surface area contributed by atoms with Crippen LogP contribution < -0.4 is 4.90 Å². The number of anilines is 1. The Labute approximate surface area is 135 Å². The summed E-state index contributed by atoms with van der Waals surface area (Å²) in [5.41, 5.74) is 1.99. The van der Waals surface area contributed by atoms with Crippen molar-refractivity contribution in [2.45, 2.75) is 32.1 Å². The Morgan fingerprint density at radius 2 is 2.00 bits per heavy atom. The molecule has 0 aromatic carbocycles. The third kappa shape index (κ3) is 3.99. The smallest absolute Gasteiger partial charge is 0.305 e. The van der Waals surface area contributed by atoms with Crippen molar-refractivity contribution in [3.05, 3.63) is 16.0 Å². The summed E-state index contributed by atoms with van der Waals surface area (Å²) in [4.78, 5) is 16.4. The number of hydrogen-bond acceptors (Lipinski definition) is 5. The Morgan fingerprint density at radius 3 is 2.64 bits per heavy atom. The monoisotopic (exact) mass is 321 g/mol. The quantitative estimate of drug-likeness (QED) is 0.835. The first-order chi connectivity index (χ1) is 10.5. The molecule has 1 aliphatic rings. The molecule has 0 unspecified atom stereocenters. The fourth-order valence-corrected chi connectivity index (χ4v) is 4.15. The summed E-state index contributed by atoms with van der Waals surface area (Å²) < 4.78 is 0. The maximum atomic E-state index is 10.9. The molecule has 1 N–H and O–H groups in total. The molecule has 0 atom stereocenters. The highest BCUT2D eigenvalue weighted by Gasteiger charge is 2.24. The van der Waals surface area contributed by atoms with Gasteiger partial charge in [-0.25, -0.2) is 0 Å². The van der Waals surface area contributed by atoms with E-state index in [4.69, 9.17) is 5.11 Å². The number of carboxylic acid groups (broad SMARTS) is 1. The zero-order chi connectivity index (χ0) is 16.1. The maximum absolute atomic E-state index is 10.9. The molecule has 0 saturated carbocycles. The van der Waals surface area contributed by atoms with E-state index in [9.17, 15) is 10.1 Å². The van der Waals surface area contributed by atoms with Crippen LogP contribution in [-0.2, 0) is 17.6 Å². The summed E-state index contributed by atoms with van der Waals surface area (Å²) in [5.74, 6) is -0.797. The molecule has 5 nitrogen and oxygen atoms in total. The van der Waals surface area contributed by atoms with E-state index in [1.54, 1.807) is 11.3 Å². The summed E-state index contributed by atoms with van der Waals surface area (Å²) in [6.45, 7) is 2.04. The van der Waals surface area contributed by atoms with Crippen LogP contribution in [0.2, 0.25) is 0 Å². The lowest BCUT2D eigenvalue weighted by Gasteiger charge is -2.24. The van der Waals surface area contributed by atoms with Crippen molar-refractivity contribution in [3.8, 4) is 6.07 Å². The lowest BCUT2D eigenvalue weighted by Crippen LogP contribution is -2.33. The second-order valence-electron chi connectivity index (χ2n) is 5.94. The molecule has 22 heavy (non-hydrogen) atoms. The predicted octanol–water partition coefficient (Wildman–Crippen LogP) is 2.34. The Bertz CT molecular complexity index is 575. The fourth-order valence-electron chi connectivity index (χ4n) is 2.76. The minimum Gasteiger partial charge on any atom is -0.481 e. The van der Waals surface area contributed by atoms with Crippen molar-refractivity contribution in [2.75, 3.05) is 38.6 Å². The van der Waals surface area contributed by atoms with E-state index in [1.165, 1.54) is 16.9 Å². The minimum absolute atomic E-state index is 0.0981. The highest BCUT2D eigenvalue weighted by molar-refractivity contribution is 7.16. The lowest BCUT2D eigenvalue weighted by molar-refractivity contribution is -0.136. The van der Waals surface area contributed by atoms with Crippen molar-refractivity contribution >= 4 is 22.3 Å². The predicted molar refractivity (Wildman–Crippen MR) is 88.7 cm³/mol. The molecule has 1 aromatic heterocycles. The summed E-state index contributed by atoms with van der Waals surface area (Å²) in [6.07, 6.45) is 4.46. The molecule has 0 amide bonds. The van der Waals surface area contributed by atoms with Crippen LogP contribution in [0.25, 0.3) is 0 Å². The Morgan fingerprint density at radius 1 is 1.27 bits per heavy atom. The van der Waals surface area contributed by atoms with E-state index in [0.717, 1.165) is 42.9 Å². The van der Waals surface area contributed by atoms with Gasteiger partial charge < -0.3 is 14.9 Å². The van der Waals surface area contributed by atoms with Crippen LogP contribution in [0.1, 0.15) is 35.3 Å². The van der Waals surface area contributed by atoms with Gasteiger partial charge in [0.1, 0.15) is 11.1 Å². The largest absolute Gasteiger partial charge is 0.481 e. The molecule has 120 valence electrons. The van der Waals surface area contributed by atoms with Gasteiger partial charge in [-0.3, -0.25) is 4.79 Å². The van der Waals surface area contributed by atoms with Gasteiger partial charge in [-0.15, -0.1) is 11.3 Å². The zero-order valence-electron chi connectivity index (χ0n) is 13.3. The molecule has 0 aliphatic heterocycles. The van der Waals surface area contributed by atoms with Crippen molar-refractivity contribution in [1.82, 2.24) is 4.90 Å². The summed E-state index contributed by atoms with van der Waals surface area (Å²) in [7, 11) is 4.00. The number of rotatable bonds is 7. The number of nitrogens with zero attached hydrogens (tertiary/aromatic N) is 3. The third-order valence-electron chi connectivity index (χ3n) is 3.96. The molecule has 1 aliphatic carbocycles. The molecule has 6 heteroatoms. The summed E-state index contributed by atoms with van der Waals surface area (Å²) >= 11 is 1.69. The van der Waals surface area contributed by atoms with Crippen LogP contribution in [0, 0.1) is 11.3 Å². The number of likely N-dealkylation sites (N-methyl/N-ethyl adjacent to an activating group) is 1. The van der Waals surface area contributed by atoms with Gasteiger partial charge in [0.05, 0.1) is 12.0 Å². The highest BCUT2D eigenvalue weighted by Crippen LogP contribution is 2.39. The number of fused-ring (bicyclic) bond motifs is 1. The van der Waals surface area contributed by atoms with Gasteiger partial charge in [-0.05, 0) is 45.3 Å². The van der Waals surface area contributed by atoms with E-state index < -0.39 is 5.97 Å². The van der Waals surface area contributed by atoms with E-state index in [2.05, 4.69) is 15.9 Å². The molecular weight excluding hydrogens is 298 g/mol. The van der Waals surface area contributed by atoms with Gasteiger partial charge in [-0.1, -0.05) is 0 Å². The fraction of sp³-hybridized carbons (Fsp3) is 0.625. The molecule has 0 bridgehead atoms. The summed E-state index contributed by atoms with van der Waals surface area (Å²) in [5, 5.41) is 19.5. The zero-order valence-corrected chi connectivity index (χ0v) is 14.1.